The molecule has 0 saturated carbocycles. The molecule has 0 heterocycles. The van der Waals surface area contributed by atoms with E-state index < -0.39 is 6.10 Å². The van der Waals surface area contributed by atoms with Gasteiger partial charge < -0.3 is 20.3 Å². The van der Waals surface area contributed by atoms with Gasteiger partial charge in [0.1, 0.15) is 0 Å². The second kappa shape index (κ2) is 10.8. The van der Waals surface area contributed by atoms with Gasteiger partial charge in [0.25, 0.3) is 0 Å². The number of nitrogens with zero attached hydrogens (tertiary/aromatic N) is 1. The minimum absolute atomic E-state index is 0.319. The number of hydrogen-bond acceptors (Lipinski definition) is 5. The molecule has 20 heavy (non-hydrogen) atoms. The van der Waals surface area contributed by atoms with Gasteiger partial charge in [0, 0.05) is 33.3 Å². The number of hydrogen-bond donors (Lipinski definition) is 2. The molecule has 0 amide bonds. The summed E-state index contributed by atoms with van der Waals surface area (Å²) in [6.07, 6.45) is -0.512. The van der Waals surface area contributed by atoms with Crippen molar-refractivity contribution in [2.24, 2.45) is 5.73 Å². The second-order valence-electron chi connectivity index (χ2n) is 4.73. The lowest BCUT2D eigenvalue weighted by atomic mass is 10.2. The van der Waals surface area contributed by atoms with Crippen LogP contribution in [0.15, 0.2) is 30.3 Å². The third-order valence-electron chi connectivity index (χ3n) is 2.91. The van der Waals surface area contributed by atoms with Crippen LogP contribution in [0.3, 0.4) is 0 Å². The summed E-state index contributed by atoms with van der Waals surface area (Å²) in [5.41, 5.74) is 6.84. The molecule has 0 fully saturated rings. The topological polar surface area (TPSA) is 68.0 Å². The molecule has 1 rings (SSSR count). The number of benzene rings is 1. The molecule has 0 aliphatic heterocycles. The van der Waals surface area contributed by atoms with Crippen LogP contribution in [0.5, 0.6) is 0 Å². The zero-order valence-corrected chi connectivity index (χ0v) is 12.2. The number of nitrogens with two attached hydrogens (primary N) is 1. The maximum absolute atomic E-state index is 9.98. The van der Waals surface area contributed by atoms with Gasteiger partial charge in [-0.1, -0.05) is 30.3 Å². The molecule has 1 atom stereocenters. The van der Waals surface area contributed by atoms with Crippen molar-refractivity contribution in [2.75, 3.05) is 46.6 Å². The van der Waals surface area contributed by atoms with Crippen molar-refractivity contribution in [1.29, 1.82) is 0 Å². The van der Waals surface area contributed by atoms with E-state index in [4.69, 9.17) is 15.2 Å². The summed E-state index contributed by atoms with van der Waals surface area (Å²) in [6, 6.07) is 10.2. The second-order valence-corrected chi connectivity index (χ2v) is 4.73. The van der Waals surface area contributed by atoms with Crippen molar-refractivity contribution in [1.82, 2.24) is 4.90 Å². The standard InChI is InChI=1S/C15H26N2O3/c1-19-9-10-20-13-15(18)12-17(8-7-16)11-14-5-3-2-4-6-14/h2-6,15,18H,7-13,16H2,1H3. The Labute approximate surface area is 121 Å². The van der Waals surface area contributed by atoms with Crippen LogP contribution in [0.25, 0.3) is 0 Å². The van der Waals surface area contributed by atoms with Gasteiger partial charge in [0.15, 0.2) is 0 Å². The summed E-state index contributed by atoms with van der Waals surface area (Å²) < 4.78 is 10.2. The van der Waals surface area contributed by atoms with E-state index in [1.807, 2.05) is 18.2 Å². The largest absolute Gasteiger partial charge is 0.389 e. The van der Waals surface area contributed by atoms with Crippen LogP contribution < -0.4 is 5.73 Å². The maximum Gasteiger partial charge on any atom is 0.0900 e. The van der Waals surface area contributed by atoms with Gasteiger partial charge in [0.05, 0.1) is 25.9 Å². The quantitative estimate of drug-likeness (QED) is 0.578. The van der Waals surface area contributed by atoms with Crippen molar-refractivity contribution < 1.29 is 14.6 Å². The highest BCUT2D eigenvalue weighted by Crippen LogP contribution is 2.05. The molecule has 0 aliphatic carbocycles. The summed E-state index contributed by atoms with van der Waals surface area (Å²) in [4.78, 5) is 2.14. The molecule has 0 radical (unpaired) electrons. The van der Waals surface area contributed by atoms with Gasteiger partial charge in [0.2, 0.25) is 0 Å². The Morgan fingerprint density at radius 2 is 2.00 bits per heavy atom. The Kier molecular flexibility index (Phi) is 9.19. The fourth-order valence-electron chi connectivity index (χ4n) is 1.97. The van der Waals surface area contributed by atoms with Crippen LogP contribution in [0.2, 0.25) is 0 Å². The van der Waals surface area contributed by atoms with E-state index in [9.17, 15) is 5.11 Å². The van der Waals surface area contributed by atoms with Crippen LogP contribution >= 0.6 is 0 Å². The zero-order chi connectivity index (χ0) is 14.6. The fourth-order valence-corrected chi connectivity index (χ4v) is 1.97. The van der Waals surface area contributed by atoms with E-state index in [0.29, 0.717) is 32.9 Å². The highest BCUT2D eigenvalue weighted by atomic mass is 16.5. The summed E-state index contributed by atoms with van der Waals surface area (Å²) >= 11 is 0. The minimum atomic E-state index is -0.512. The SMILES string of the molecule is COCCOCC(O)CN(CCN)Cc1ccccc1. The molecule has 114 valence electrons. The third-order valence-corrected chi connectivity index (χ3v) is 2.91. The first-order valence-electron chi connectivity index (χ1n) is 6.97. The van der Waals surface area contributed by atoms with E-state index in [2.05, 4.69) is 17.0 Å². The van der Waals surface area contributed by atoms with E-state index in [1.165, 1.54) is 5.56 Å². The molecule has 0 bridgehead atoms. The summed E-state index contributed by atoms with van der Waals surface area (Å²) in [5.74, 6) is 0. The van der Waals surface area contributed by atoms with Crippen LogP contribution in [0.4, 0.5) is 0 Å². The van der Waals surface area contributed by atoms with E-state index in [-0.39, 0.29) is 0 Å². The molecule has 5 nitrogen and oxygen atoms in total. The first-order chi connectivity index (χ1) is 9.76. The van der Waals surface area contributed by atoms with Gasteiger partial charge in [-0.15, -0.1) is 0 Å². The van der Waals surface area contributed by atoms with Crippen LogP contribution in [0.1, 0.15) is 5.56 Å². The van der Waals surface area contributed by atoms with Gasteiger partial charge in [-0.25, -0.2) is 0 Å². The predicted octanol–water partition coefficient (Wildman–Crippen LogP) is 0.471. The average Bonchev–Trinajstić information content (AvgIpc) is 2.45. The molecule has 1 aromatic rings. The first kappa shape index (κ1) is 17.1. The minimum Gasteiger partial charge on any atom is -0.389 e. The van der Waals surface area contributed by atoms with Gasteiger partial charge >= 0.3 is 0 Å². The van der Waals surface area contributed by atoms with E-state index >= 15 is 0 Å². The molecule has 3 N–H and O–H groups in total. The molecule has 5 heteroatoms. The molecular weight excluding hydrogens is 256 g/mol. The third kappa shape index (κ3) is 7.57. The van der Waals surface area contributed by atoms with Crippen molar-refractivity contribution >= 4 is 0 Å². The van der Waals surface area contributed by atoms with Crippen LogP contribution in [-0.2, 0) is 16.0 Å². The molecule has 1 aromatic carbocycles. The van der Waals surface area contributed by atoms with E-state index in [0.717, 1.165) is 13.1 Å². The zero-order valence-electron chi connectivity index (χ0n) is 12.2. The Morgan fingerprint density at radius 3 is 2.65 bits per heavy atom. The lowest BCUT2D eigenvalue weighted by molar-refractivity contribution is -0.00118. The highest BCUT2D eigenvalue weighted by Gasteiger charge is 2.12. The fraction of sp³-hybridized carbons (Fsp3) is 0.600. The smallest absolute Gasteiger partial charge is 0.0900 e. The van der Waals surface area contributed by atoms with Crippen molar-refractivity contribution in [2.45, 2.75) is 12.6 Å². The van der Waals surface area contributed by atoms with Crippen molar-refractivity contribution in [3.8, 4) is 0 Å². The van der Waals surface area contributed by atoms with Gasteiger partial charge in [-0.05, 0) is 5.56 Å². The van der Waals surface area contributed by atoms with Crippen LogP contribution in [-0.4, -0.2) is 62.7 Å². The molecule has 0 spiro atoms. The Morgan fingerprint density at radius 1 is 1.25 bits per heavy atom. The van der Waals surface area contributed by atoms with Gasteiger partial charge in [-0.3, -0.25) is 4.90 Å². The monoisotopic (exact) mass is 282 g/mol. The summed E-state index contributed by atoms with van der Waals surface area (Å²) in [7, 11) is 1.63. The average molecular weight is 282 g/mol. The molecule has 0 aromatic heterocycles. The van der Waals surface area contributed by atoms with Gasteiger partial charge in [-0.2, -0.15) is 0 Å². The number of aliphatic hydroxyl groups is 1. The van der Waals surface area contributed by atoms with E-state index in [1.54, 1.807) is 7.11 Å². The first-order valence-corrected chi connectivity index (χ1v) is 6.97. The Bertz CT molecular complexity index is 335. The lowest BCUT2D eigenvalue weighted by Crippen LogP contribution is -2.37. The molecule has 1 unspecified atom stereocenters. The molecule has 0 saturated heterocycles. The number of rotatable bonds is 11. The van der Waals surface area contributed by atoms with Crippen molar-refractivity contribution in [3.63, 3.8) is 0 Å². The summed E-state index contributed by atoms with van der Waals surface area (Å²) in [6.45, 7) is 4.03. The number of methoxy groups -OCH3 is 1. The number of aliphatic hydroxyl groups excluding tert-OH is 1. The maximum atomic E-state index is 9.98. The Balaban J connectivity index is 2.34. The predicted molar refractivity (Wildman–Crippen MR) is 79.5 cm³/mol. The van der Waals surface area contributed by atoms with Crippen LogP contribution in [0, 0.1) is 0 Å². The number of ether oxygens (including phenoxy) is 2. The highest BCUT2D eigenvalue weighted by molar-refractivity contribution is 5.14. The summed E-state index contributed by atoms with van der Waals surface area (Å²) in [5, 5.41) is 9.98. The normalized spacial score (nSPS) is 12.8. The Hall–Kier alpha value is -0.980. The molecular formula is C15H26N2O3. The molecule has 0 aliphatic rings. The lowest BCUT2D eigenvalue weighted by Gasteiger charge is -2.24. The van der Waals surface area contributed by atoms with Crippen molar-refractivity contribution in [3.05, 3.63) is 35.9 Å².